The van der Waals surface area contributed by atoms with E-state index in [9.17, 15) is 14.8 Å². The van der Waals surface area contributed by atoms with Gasteiger partial charge in [-0.15, -0.1) is 4.91 Å². The second-order valence-electron chi connectivity index (χ2n) is 6.34. The summed E-state index contributed by atoms with van der Waals surface area (Å²) in [6.45, 7) is -0.293. The summed E-state index contributed by atoms with van der Waals surface area (Å²) in [5.41, 5.74) is 0.737. The van der Waals surface area contributed by atoms with Crippen LogP contribution in [0.2, 0.25) is 0 Å². The van der Waals surface area contributed by atoms with E-state index in [2.05, 4.69) is 5.29 Å². The lowest BCUT2D eigenvalue weighted by Gasteiger charge is -2.36. The first-order valence-corrected chi connectivity index (χ1v) is 7.86. The van der Waals surface area contributed by atoms with Crippen LogP contribution in [0.5, 0.6) is 0 Å². The molecule has 3 heterocycles. The van der Waals surface area contributed by atoms with Crippen molar-refractivity contribution in [3.05, 3.63) is 40.8 Å². The molecule has 0 aromatic heterocycles. The van der Waals surface area contributed by atoms with Gasteiger partial charge in [0.1, 0.15) is 24.2 Å². The predicted octanol–water partition coefficient (Wildman–Crippen LogP) is 0.970. The molecule has 0 spiro atoms. The number of carbonyl (C=O) groups is 1. The Balaban J connectivity index is 1.43. The standard InChI is InChI=1S/C16H18N2O5/c19-8-11(9-4-2-1-3-5-9)16(20)22-10-6-12-14-15(23-14)13(7-10)18(12)17-21/h1-5,10-15,19H,6-8H2/t10?,11-,12?,13?,14?,15?/m0/s1. The lowest BCUT2D eigenvalue weighted by molar-refractivity contribution is -0.157. The number of aliphatic hydroxyl groups is 1. The minimum absolute atomic E-state index is 0.0455. The number of piperidine rings is 1. The second-order valence-corrected chi connectivity index (χ2v) is 6.34. The first kappa shape index (κ1) is 14.6. The first-order valence-electron chi connectivity index (χ1n) is 7.86. The molecular weight excluding hydrogens is 300 g/mol. The van der Waals surface area contributed by atoms with Crippen LogP contribution in [0.1, 0.15) is 24.3 Å². The van der Waals surface area contributed by atoms with Gasteiger partial charge >= 0.3 is 5.97 Å². The molecule has 7 heteroatoms. The maximum atomic E-state index is 12.4. The fourth-order valence-electron chi connectivity index (χ4n) is 3.89. The van der Waals surface area contributed by atoms with Crippen molar-refractivity contribution >= 4 is 5.97 Å². The molecule has 0 amide bonds. The monoisotopic (exact) mass is 318 g/mol. The summed E-state index contributed by atoms with van der Waals surface area (Å²) in [5.74, 6) is -1.10. The molecule has 122 valence electrons. The van der Waals surface area contributed by atoms with Crippen LogP contribution in [0, 0.1) is 4.91 Å². The van der Waals surface area contributed by atoms with E-state index >= 15 is 0 Å². The highest BCUT2D eigenvalue weighted by molar-refractivity contribution is 5.78. The van der Waals surface area contributed by atoms with Crippen LogP contribution in [0.4, 0.5) is 0 Å². The highest BCUT2D eigenvalue weighted by atomic mass is 16.6. The third-order valence-electron chi connectivity index (χ3n) is 5.05. The third-order valence-corrected chi connectivity index (χ3v) is 5.05. The Bertz CT molecular complexity index is 592. The minimum atomic E-state index is -0.679. The summed E-state index contributed by atoms with van der Waals surface area (Å²) in [4.78, 5) is 23.3. The molecule has 0 saturated carbocycles. The zero-order valence-electron chi connectivity index (χ0n) is 12.4. The van der Waals surface area contributed by atoms with Crippen LogP contribution < -0.4 is 0 Å². The van der Waals surface area contributed by atoms with Gasteiger partial charge in [0.15, 0.2) is 0 Å². The normalized spacial score (nSPS) is 35.3. The molecule has 0 radical (unpaired) electrons. The van der Waals surface area contributed by atoms with Gasteiger partial charge in [-0.3, -0.25) is 4.79 Å². The average Bonchev–Trinajstić information content (AvgIpc) is 3.32. The highest BCUT2D eigenvalue weighted by Crippen LogP contribution is 2.49. The smallest absolute Gasteiger partial charge is 0.316 e. The summed E-state index contributed by atoms with van der Waals surface area (Å²) < 4.78 is 11.1. The molecule has 5 atom stereocenters. The number of benzene rings is 1. The first-order chi connectivity index (χ1) is 11.2. The van der Waals surface area contributed by atoms with Gasteiger partial charge in [-0.05, 0) is 5.56 Å². The Hall–Kier alpha value is -1.99. The van der Waals surface area contributed by atoms with E-state index in [0.29, 0.717) is 12.8 Å². The number of nitrogens with zero attached hydrogens (tertiary/aromatic N) is 2. The molecule has 4 rings (SSSR count). The van der Waals surface area contributed by atoms with E-state index in [1.807, 2.05) is 18.2 Å². The van der Waals surface area contributed by atoms with Gasteiger partial charge in [0.2, 0.25) is 0 Å². The fraction of sp³-hybridized carbons (Fsp3) is 0.562. The number of esters is 1. The molecule has 3 fully saturated rings. The highest BCUT2D eigenvalue weighted by Gasteiger charge is 2.65. The van der Waals surface area contributed by atoms with Crippen LogP contribution in [0.25, 0.3) is 0 Å². The number of rotatable bonds is 5. The lowest BCUT2D eigenvalue weighted by atomic mass is 9.98. The van der Waals surface area contributed by atoms with Gasteiger partial charge < -0.3 is 14.6 Å². The number of hydrogen-bond donors (Lipinski definition) is 1. The average molecular weight is 318 g/mol. The van der Waals surface area contributed by atoms with Crippen LogP contribution in [0.15, 0.2) is 35.6 Å². The summed E-state index contributed by atoms with van der Waals surface area (Å²) in [5, 5.41) is 14.2. The van der Waals surface area contributed by atoms with Crippen molar-refractivity contribution in [2.45, 2.75) is 49.2 Å². The topological polar surface area (TPSA) is 91.7 Å². The van der Waals surface area contributed by atoms with Crippen molar-refractivity contribution in [3.8, 4) is 0 Å². The zero-order valence-corrected chi connectivity index (χ0v) is 12.4. The number of morpholine rings is 1. The molecule has 2 bridgehead atoms. The summed E-state index contributed by atoms with van der Waals surface area (Å²) in [6, 6.07) is 8.91. The lowest BCUT2D eigenvalue weighted by Crippen LogP contribution is -2.47. The van der Waals surface area contributed by atoms with Crippen molar-refractivity contribution < 1.29 is 19.4 Å². The Morgan fingerprint density at radius 3 is 2.52 bits per heavy atom. The SMILES string of the molecule is O=NN1C2CC(OC(=O)[C@@H](CO)c3ccccc3)CC1C1OC12. The van der Waals surface area contributed by atoms with Crippen molar-refractivity contribution in [2.24, 2.45) is 5.29 Å². The number of ether oxygens (including phenoxy) is 2. The van der Waals surface area contributed by atoms with Crippen molar-refractivity contribution in [1.82, 2.24) is 5.01 Å². The van der Waals surface area contributed by atoms with E-state index in [1.165, 1.54) is 0 Å². The Morgan fingerprint density at radius 2 is 1.96 bits per heavy atom. The van der Waals surface area contributed by atoms with Crippen molar-refractivity contribution in [1.29, 1.82) is 0 Å². The number of carbonyl (C=O) groups excluding carboxylic acids is 1. The molecule has 1 aromatic rings. The minimum Gasteiger partial charge on any atom is -0.462 e. The van der Waals surface area contributed by atoms with E-state index in [-0.39, 0.29) is 37.0 Å². The number of aliphatic hydroxyl groups excluding tert-OH is 1. The third kappa shape index (κ3) is 2.40. The number of hydrogen-bond acceptors (Lipinski definition) is 6. The zero-order chi connectivity index (χ0) is 16.0. The molecule has 3 saturated heterocycles. The van der Waals surface area contributed by atoms with Gasteiger partial charge in [-0.2, -0.15) is 0 Å². The van der Waals surface area contributed by atoms with Gasteiger partial charge in [-0.1, -0.05) is 30.3 Å². The molecule has 3 aliphatic heterocycles. The Morgan fingerprint density at radius 1 is 1.30 bits per heavy atom. The molecule has 4 unspecified atom stereocenters. The van der Waals surface area contributed by atoms with Gasteiger partial charge in [0.25, 0.3) is 0 Å². The van der Waals surface area contributed by atoms with E-state index in [4.69, 9.17) is 9.47 Å². The van der Waals surface area contributed by atoms with Crippen molar-refractivity contribution in [2.75, 3.05) is 6.61 Å². The van der Waals surface area contributed by atoms with Crippen LogP contribution in [-0.2, 0) is 14.3 Å². The Kier molecular flexibility index (Phi) is 3.54. The maximum Gasteiger partial charge on any atom is 0.316 e. The molecular formula is C16H18N2O5. The molecule has 7 nitrogen and oxygen atoms in total. The molecule has 1 N–H and O–H groups in total. The second kappa shape index (κ2) is 5.58. The van der Waals surface area contributed by atoms with Crippen molar-refractivity contribution in [3.63, 3.8) is 0 Å². The largest absolute Gasteiger partial charge is 0.462 e. The van der Waals surface area contributed by atoms with Crippen LogP contribution in [-0.4, -0.2) is 53.1 Å². The molecule has 3 aliphatic rings. The number of nitroso groups, excluding NO2 is 1. The maximum absolute atomic E-state index is 12.4. The predicted molar refractivity (Wildman–Crippen MR) is 79.3 cm³/mol. The number of fused-ring (bicyclic) bond motifs is 5. The quantitative estimate of drug-likeness (QED) is 0.494. The van der Waals surface area contributed by atoms with Crippen LogP contribution in [0.3, 0.4) is 0 Å². The van der Waals surface area contributed by atoms with E-state index in [0.717, 1.165) is 5.56 Å². The molecule has 0 aliphatic carbocycles. The number of epoxide rings is 1. The Labute approximate surface area is 133 Å². The van der Waals surface area contributed by atoms with Gasteiger partial charge in [0, 0.05) is 12.8 Å². The summed E-state index contributed by atoms with van der Waals surface area (Å²) in [6.07, 6.45) is 0.919. The fourth-order valence-corrected chi connectivity index (χ4v) is 3.89. The van der Waals surface area contributed by atoms with E-state index in [1.54, 1.807) is 17.1 Å². The summed E-state index contributed by atoms with van der Waals surface area (Å²) in [7, 11) is 0. The molecule has 23 heavy (non-hydrogen) atoms. The van der Waals surface area contributed by atoms with Crippen LogP contribution >= 0.6 is 0 Å². The summed E-state index contributed by atoms with van der Waals surface area (Å²) >= 11 is 0. The van der Waals surface area contributed by atoms with E-state index < -0.39 is 11.9 Å². The molecule has 1 aromatic carbocycles. The van der Waals surface area contributed by atoms with Gasteiger partial charge in [-0.25, -0.2) is 5.01 Å². The van der Waals surface area contributed by atoms with Gasteiger partial charge in [0.05, 0.1) is 24.0 Å².